The van der Waals surface area contributed by atoms with Crippen molar-refractivity contribution in [1.29, 1.82) is 0 Å². The quantitative estimate of drug-likeness (QED) is 0.454. The normalized spacial score (nSPS) is 17.6. The average Bonchev–Trinajstić information content (AvgIpc) is 2.13. The Balaban J connectivity index is 3.97. The molecule has 0 bridgehead atoms. The maximum absolute atomic E-state index is 11.3. The summed E-state index contributed by atoms with van der Waals surface area (Å²) in [4.78, 5) is 11.3. The number of carbonyl (C=O) groups is 1. The molecule has 14 heavy (non-hydrogen) atoms. The average molecular weight is 204 g/mol. The minimum absolute atomic E-state index is 0.00273. The van der Waals surface area contributed by atoms with E-state index in [9.17, 15) is 9.90 Å². The molecule has 0 aliphatic heterocycles. The highest BCUT2D eigenvalue weighted by Gasteiger charge is 2.23. The van der Waals surface area contributed by atoms with Crippen LogP contribution in [0.1, 0.15) is 20.8 Å². The van der Waals surface area contributed by atoms with E-state index in [-0.39, 0.29) is 18.4 Å². The Bertz CT molecular complexity index is 192. The van der Waals surface area contributed by atoms with Crippen molar-refractivity contribution < 1.29 is 15.0 Å². The number of aliphatic hydroxyl groups excluding tert-OH is 1. The fourth-order valence-electron chi connectivity index (χ4n) is 0.754. The Morgan fingerprint density at radius 3 is 2.43 bits per heavy atom. The van der Waals surface area contributed by atoms with Crippen LogP contribution in [0.2, 0.25) is 0 Å². The summed E-state index contributed by atoms with van der Waals surface area (Å²) < 4.78 is 0. The Hall–Kier alpha value is -0.650. The van der Waals surface area contributed by atoms with Crippen molar-refractivity contribution >= 4 is 5.91 Å². The fourth-order valence-corrected chi connectivity index (χ4v) is 0.754. The summed E-state index contributed by atoms with van der Waals surface area (Å²) in [5, 5.41) is 20.6. The van der Waals surface area contributed by atoms with Gasteiger partial charge in [-0.15, -0.1) is 0 Å². The Kier molecular flexibility index (Phi) is 5.04. The molecule has 0 aromatic rings. The van der Waals surface area contributed by atoms with Gasteiger partial charge in [-0.1, -0.05) is 13.8 Å². The van der Waals surface area contributed by atoms with E-state index >= 15 is 0 Å². The maximum atomic E-state index is 11.3. The molecular weight excluding hydrogens is 184 g/mol. The minimum atomic E-state index is -1.29. The lowest BCUT2D eigenvalue weighted by atomic mass is 10.0. The van der Waals surface area contributed by atoms with Gasteiger partial charge in [0.25, 0.3) is 0 Å². The van der Waals surface area contributed by atoms with Crippen molar-refractivity contribution in [3.8, 4) is 0 Å². The third-order valence-corrected chi connectivity index (χ3v) is 2.01. The SMILES string of the molecule is CC(C)[C@H](N)C(=O)NCC(C)(O)CO. The van der Waals surface area contributed by atoms with Crippen LogP contribution in [0, 0.1) is 5.92 Å². The van der Waals surface area contributed by atoms with Gasteiger partial charge in [0.2, 0.25) is 5.91 Å². The lowest BCUT2D eigenvalue weighted by Gasteiger charge is -2.22. The molecule has 0 aromatic heterocycles. The fraction of sp³-hybridized carbons (Fsp3) is 0.889. The first kappa shape index (κ1) is 13.4. The number of rotatable bonds is 5. The molecule has 5 nitrogen and oxygen atoms in total. The first-order valence-corrected chi connectivity index (χ1v) is 4.66. The van der Waals surface area contributed by atoms with E-state index in [0.717, 1.165) is 0 Å². The van der Waals surface area contributed by atoms with Crippen LogP contribution in [0.15, 0.2) is 0 Å². The largest absolute Gasteiger partial charge is 0.393 e. The number of carbonyl (C=O) groups excluding carboxylic acids is 1. The first-order valence-electron chi connectivity index (χ1n) is 4.66. The molecule has 0 saturated carbocycles. The van der Waals surface area contributed by atoms with E-state index in [4.69, 9.17) is 10.8 Å². The van der Waals surface area contributed by atoms with Crippen molar-refractivity contribution in [2.24, 2.45) is 11.7 Å². The molecule has 0 aliphatic carbocycles. The second kappa shape index (κ2) is 5.29. The van der Waals surface area contributed by atoms with Crippen LogP contribution < -0.4 is 11.1 Å². The van der Waals surface area contributed by atoms with Gasteiger partial charge in [0.05, 0.1) is 12.6 Å². The first-order chi connectivity index (χ1) is 6.30. The summed E-state index contributed by atoms with van der Waals surface area (Å²) >= 11 is 0. The van der Waals surface area contributed by atoms with Gasteiger partial charge in [-0.05, 0) is 12.8 Å². The predicted octanol–water partition coefficient (Wildman–Crippen LogP) is -1.17. The standard InChI is InChI=1S/C9H20N2O3/c1-6(2)7(10)8(13)11-4-9(3,14)5-12/h6-7,12,14H,4-5,10H2,1-3H3,(H,11,13)/t7-,9?/m0/s1. The molecule has 0 rings (SSSR count). The van der Waals surface area contributed by atoms with Crippen molar-refractivity contribution in [2.45, 2.75) is 32.4 Å². The summed E-state index contributed by atoms with van der Waals surface area (Å²) in [6, 6.07) is -0.579. The number of nitrogens with two attached hydrogens (primary N) is 1. The molecule has 5 heteroatoms. The molecule has 0 fully saturated rings. The number of hydrogen-bond acceptors (Lipinski definition) is 4. The van der Waals surface area contributed by atoms with E-state index in [2.05, 4.69) is 5.32 Å². The van der Waals surface area contributed by atoms with E-state index in [0.29, 0.717) is 0 Å². The van der Waals surface area contributed by atoms with Crippen molar-refractivity contribution in [1.82, 2.24) is 5.32 Å². The third kappa shape index (κ3) is 4.55. The van der Waals surface area contributed by atoms with Crippen LogP contribution in [0.3, 0.4) is 0 Å². The summed E-state index contributed by atoms with van der Waals surface area (Å²) in [5.74, 6) is -0.261. The van der Waals surface area contributed by atoms with Crippen LogP contribution >= 0.6 is 0 Å². The molecule has 0 saturated heterocycles. The van der Waals surface area contributed by atoms with Crippen LogP contribution in [-0.2, 0) is 4.79 Å². The summed E-state index contributed by atoms with van der Waals surface area (Å²) in [6.45, 7) is 4.73. The lowest BCUT2D eigenvalue weighted by Crippen LogP contribution is -2.50. The number of amides is 1. The Morgan fingerprint density at radius 2 is 2.07 bits per heavy atom. The zero-order chi connectivity index (χ0) is 11.4. The van der Waals surface area contributed by atoms with E-state index in [1.165, 1.54) is 6.92 Å². The van der Waals surface area contributed by atoms with E-state index in [1.54, 1.807) is 0 Å². The highest BCUT2D eigenvalue weighted by atomic mass is 16.3. The summed E-state index contributed by atoms with van der Waals surface area (Å²) in [5.41, 5.74) is 4.29. The molecule has 2 atom stereocenters. The van der Waals surface area contributed by atoms with Crippen molar-refractivity contribution in [3.05, 3.63) is 0 Å². The van der Waals surface area contributed by atoms with Gasteiger partial charge >= 0.3 is 0 Å². The Labute approximate surface area is 84.3 Å². The number of hydrogen-bond donors (Lipinski definition) is 4. The molecule has 0 aliphatic rings. The maximum Gasteiger partial charge on any atom is 0.237 e. The van der Waals surface area contributed by atoms with E-state index in [1.807, 2.05) is 13.8 Å². The van der Waals surface area contributed by atoms with Crippen LogP contribution in [0.5, 0.6) is 0 Å². The topological polar surface area (TPSA) is 95.6 Å². The van der Waals surface area contributed by atoms with Gasteiger partial charge in [0.1, 0.15) is 5.60 Å². The zero-order valence-electron chi connectivity index (χ0n) is 8.95. The van der Waals surface area contributed by atoms with Crippen molar-refractivity contribution in [3.63, 3.8) is 0 Å². The highest BCUT2D eigenvalue weighted by molar-refractivity contribution is 5.81. The molecule has 0 spiro atoms. The Morgan fingerprint density at radius 1 is 1.57 bits per heavy atom. The molecule has 84 valence electrons. The van der Waals surface area contributed by atoms with Gasteiger partial charge in [-0.3, -0.25) is 4.79 Å². The third-order valence-electron chi connectivity index (χ3n) is 2.01. The van der Waals surface area contributed by atoms with Crippen LogP contribution in [-0.4, -0.2) is 40.9 Å². The summed E-state index contributed by atoms with van der Waals surface area (Å²) in [7, 11) is 0. The molecule has 0 heterocycles. The summed E-state index contributed by atoms with van der Waals surface area (Å²) in [6.07, 6.45) is 0. The smallest absolute Gasteiger partial charge is 0.237 e. The van der Waals surface area contributed by atoms with Gasteiger partial charge in [0.15, 0.2) is 0 Å². The molecule has 0 aromatic carbocycles. The minimum Gasteiger partial charge on any atom is -0.393 e. The monoisotopic (exact) mass is 204 g/mol. The molecule has 5 N–H and O–H groups in total. The second-order valence-corrected chi connectivity index (χ2v) is 4.14. The second-order valence-electron chi connectivity index (χ2n) is 4.14. The van der Waals surface area contributed by atoms with Crippen molar-refractivity contribution in [2.75, 3.05) is 13.2 Å². The molecular formula is C9H20N2O3. The van der Waals surface area contributed by atoms with Gasteiger partial charge in [-0.25, -0.2) is 0 Å². The van der Waals surface area contributed by atoms with Gasteiger partial charge in [0, 0.05) is 6.54 Å². The molecule has 1 amide bonds. The van der Waals surface area contributed by atoms with Crippen LogP contribution in [0.25, 0.3) is 0 Å². The van der Waals surface area contributed by atoms with Crippen LogP contribution in [0.4, 0.5) is 0 Å². The van der Waals surface area contributed by atoms with E-state index < -0.39 is 18.2 Å². The lowest BCUT2D eigenvalue weighted by molar-refractivity contribution is -0.124. The highest BCUT2D eigenvalue weighted by Crippen LogP contribution is 2.01. The van der Waals surface area contributed by atoms with Gasteiger partial charge < -0.3 is 21.3 Å². The predicted molar refractivity (Wildman–Crippen MR) is 53.5 cm³/mol. The number of aliphatic hydroxyl groups is 2. The zero-order valence-corrected chi connectivity index (χ0v) is 8.95. The number of nitrogens with one attached hydrogen (secondary N) is 1. The molecule has 1 unspecified atom stereocenters. The molecule has 0 radical (unpaired) electrons. The van der Waals surface area contributed by atoms with Gasteiger partial charge in [-0.2, -0.15) is 0 Å².